The van der Waals surface area contributed by atoms with Gasteiger partial charge in [0.1, 0.15) is 0 Å². The zero-order valence-corrected chi connectivity index (χ0v) is 12.4. The van der Waals surface area contributed by atoms with Crippen LogP contribution in [0, 0.1) is 0 Å². The molecule has 5 nitrogen and oxygen atoms in total. The van der Waals surface area contributed by atoms with Gasteiger partial charge in [-0.2, -0.15) is 5.10 Å². The maximum Gasteiger partial charge on any atom is 0.0939 e. The fourth-order valence-electron chi connectivity index (χ4n) is 2.55. The van der Waals surface area contributed by atoms with Crippen LogP contribution < -0.4 is 0 Å². The van der Waals surface area contributed by atoms with Crippen molar-refractivity contribution in [1.82, 2.24) is 14.7 Å². The highest BCUT2D eigenvalue weighted by atomic mass is 16.5. The molecule has 19 heavy (non-hydrogen) atoms. The number of hydrogen-bond acceptors (Lipinski definition) is 4. The molecule has 1 fully saturated rings. The van der Waals surface area contributed by atoms with E-state index >= 15 is 0 Å². The average Bonchev–Trinajstić information content (AvgIpc) is 2.77. The molecule has 0 N–H and O–H groups in total. The van der Waals surface area contributed by atoms with E-state index < -0.39 is 0 Å². The summed E-state index contributed by atoms with van der Waals surface area (Å²) in [5.74, 6) is 0. The maximum atomic E-state index is 5.85. The first-order valence-corrected chi connectivity index (χ1v) is 6.98. The molecule has 0 bridgehead atoms. The quantitative estimate of drug-likeness (QED) is 0.814. The Bertz CT molecular complexity index is 392. The molecule has 5 heteroatoms. The number of ether oxygens (including phenoxy) is 2. The van der Waals surface area contributed by atoms with Gasteiger partial charge >= 0.3 is 0 Å². The van der Waals surface area contributed by atoms with E-state index in [0.29, 0.717) is 12.6 Å². The van der Waals surface area contributed by atoms with Crippen molar-refractivity contribution in [2.75, 3.05) is 26.8 Å². The fraction of sp³-hybridized carbons (Fsp3) is 0.786. The van der Waals surface area contributed by atoms with Crippen LogP contribution >= 0.6 is 0 Å². The molecule has 2 atom stereocenters. The van der Waals surface area contributed by atoms with E-state index in [1.807, 2.05) is 10.9 Å². The van der Waals surface area contributed by atoms with Crippen LogP contribution in [-0.4, -0.2) is 53.7 Å². The minimum absolute atomic E-state index is 0.175. The molecule has 0 aromatic carbocycles. The summed E-state index contributed by atoms with van der Waals surface area (Å²) >= 11 is 0. The first-order valence-electron chi connectivity index (χ1n) is 6.98. The molecule has 0 saturated carbocycles. The highest BCUT2D eigenvalue weighted by Gasteiger charge is 2.25. The smallest absolute Gasteiger partial charge is 0.0939 e. The maximum absolute atomic E-state index is 5.85. The molecular weight excluding hydrogens is 242 g/mol. The summed E-state index contributed by atoms with van der Waals surface area (Å²) in [5, 5.41) is 4.39. The van der Waals surface area contributed by atoms with Gasteiger partial charge in [-0.15, -0.1) is 0 Å². The Kier molecular flexibility index (Phi) is 4.96. The van der Waals surface area contributed by atoms with Gasteiger partial charge in [-0.25, -0.2) is 0 Å². The number of nitrogens with zero attached hydrogens (tertiary/aromatic N) is 3. The predicted molar refractivity (Wildman–Crippen MR) is 74.1 cm³/mol. The third-order valence-corrected chi connectivity index (χ3v) is 3.34. The number of aromatic nitrogens is 2. The van der Waals surface area contributed by atoms with Crippen LogP contribution in [0.1, 0.15) is 32.4 Å². The van der Waals surface area contributed by atoms with E-state index in [4.69, 9.17) is 9.47 Å². The minimum Gasteiger partial charge on any atom is -0.382 e. The van der Waals surface area contributed by atoms with Crippen molar-refractivity contribution in [2.24, 2.45) is 0 Å². The Morgan fingerprint density at radius 2 is 2.26 bits per heavy atom. The van der Waals surface area contributed by atoms with Gasteiger partial charge in [-0.1, -0.05) is 0 Å². The zero-order valence-electron chi connectivity index (χ0n) is 12.4. The van der Waals surface area contributed by atoms with Crippen molar-refractivity contribution in [3.63, 3.8) is 0 Å². The van der Waals surface area contributed by atoms with Gasteiger partial charge in [-0.3, -0.25) is 9.58 Å². The number of rotatable bonds is 5. The first kappa shape index (κ1) is 14.5. The summed E-state index contributed by atoms with van der Waals surface area (Å²) in [6.45, 7) is 9.88. The third-order valence-electron chi connectivity index (χ3n) is 3.34. The predicted octanol–water partition coefficient (Wildman–Crippen LogP) is 1.70. The number of methoxy groups -OCH3 is 1. The topological polar surface area (TPSA) is 39.5 Å². The van der Waals surface area contributed by atoms with Crippen LogP contribution in [0.5, 0.6) is 0 Å². The van der Waals surface area contributed by atoms with Crippen molar-refractivity contribution < 1.29 is 9.47 Å². The Morgan fingerprint density at radius 3 is 2.89 bits per heavy atom. The number of morpholine rings is 1. The lowest BCUT2D eigenvalue weighted by Crippen LogP contribution is -2.47. The second-order valence-corrected chi connectivity index (χ2v) is 5.64. The van der Waals surface area contributed by atoms with E-state index in [1.165, 1.54) is 5.56 Å². The summed E-state index contributed by atoms with van der Waals surface area (Å²) in [5.41, 5.74) is 1.26. The van der Waals surface area contributed by atoms with Gasteiger partial charge in [-0.05, 0) is 20.8 Å². The van der Waals surface area contributed by atoms with Gasteiger partial charge in [0.2, 0.25) is 0 Å². The Balaban J connectivity index is 1.93. The molecule has 1 aromatic heterocycles. The molecule has 0 aliphatic carbocycles. The molecule has 1 aromatic rings. The van der Waals surface area contributed by atoms with E-state index in [0.717, 1.165) is 19.6 Å². The highest BCUT2D eigenvalue weighted by molar-refractivity contribution is 5.04. The number of hydrogen-bond donors (Lipinski definition) is 0. The van der Waals surface area contributed by atoms with Gasteiger partial charge in [0.25, 0.3) is 0 Å². The van der Waals surface area contributed by atoms with E-state index in [-0.39, 0.29) is 12.2 Å². The molecule has 108 valence electrons. The van der Waals surface area contributed by atoms with Gasteiger partial charge in [0, 0.05) is 44.5 Å². The Morgan fingerprint density at radius 1 is 1.47 bits per heavy atom. The van der Waals surface area contributed by atoms with Crippen LogP contribution in [0.25, 0.3) is 0 Å². The molecule has 0 amide bonds. The van der Waals surface area contributed by atoms with E-state index in [2.05, 4.69) is 37.0 Å². The summed E-state index contributed by atoms with van der Waals surface area (Å²) in [6.07, 6.45) is 4.53. The van der Waals surface area contributed by atoms with Crippen molar-refractivity contribution in [3.8, 4) is 0 Å². The standard InChI is InChI=1S/C14H25N3O2/c1-11(2)17-8-13(5-15-17)7-16-6-12(3)19-14(9-16)10-18-4/h5,8,11-12,14H,6-7,9-10H2,1-4H3/t12-,14+/m0/s1. The summed E-state index contributed by atoms with van der Waals surface area (Å²) < 4.78 is 13.1. The molecule has 1 aliphatic heterocycles. The molecule has 1 saturated heterocycles. The summed E-state index contributed by atoms with van der Waals surface area (Å²) in [7, 11) is 1.72. The lowest BCUT2D eigenvalue weighted by Gasteiger charge is -2.36. The molecule has 2 rings (SSSR count). The van der Waals surface area contributed by atoms with Crippen LogP contribution in [0.4, 0.5) is 0 Å². The first-order chi connectivity index (χ1) is 9.08. The molecule has 0 radical (unpaired) electrons. The summed E-state index contributed by atoms with van der Waals surface area (Å²) in [4.78, 5) is 2.42. The van der Waals surface area contributed by atoms with E-state index in [9.17, 15) is 0 Å². The Labute approximate surface area is 115 Å². The second kappa shape index (κ2) is 6.50. The highest BCUT2D eigenvalue weighted by Crippen LogP contribution is 2.15. The van der Waals surface area contributed by atoms with Gasteiger partial charge in [0.15, 0.2) is 0 Å². The third kappa shape index (κ3) is 4.03. The van der Waals surface area contributed by atoms with E-state index in [1.54, 1.807) is 7.11 Å². The second-order valence-electron chi connectivity index (χ2n) is 5.64. The molecular formula is C14H25N3O2. The average molecular weight is 267 g/mol. The lowest BCUT2D eigenvalue weighted by molar-refractivity contribution is -0.103. The monoisotopic (exact) mass is 267 g/mol. The Hall–Kier alpha value is -0.910. The molecule has 0 spiro atoms. The SMILES string of the molecule is COC[C@H]1CN(Cc2cnn(C(C)C)c2)C[C@H](C)O1. The van der Waals surface area contributed by atoms with Crippen molar-refractivity contribution in [3.05, 3.63) is 18.0 Å². The molecule has 1 aliphatic rings. The van der Waals surface area contributed by atoms with Gasteiger partial charge in [0.05, 0.1) is 25.0 Å². The van der Waals surface area contributed by atoms with Crippen molar-refractivity contribution >= 4 is 0 Å². The van der Waals surface area contributed by atoms with Crippen LogP contribution in [0.15, 0.2) is 12.4 Å². The molecule has 0 unspecified atom stereocenters. The fourth-order valence-corrected chi connectivity index (χ4v) is 2.55. The van der Waals surface area contributed by atoms with Crippen LogP contribution in [-0.2, 0) is 16.0 Å². The lowest BCUT2D eigenvalue weighted by atomic mass is 10.2. The zero-order chi connectivity index (χ0) is 13.8. The van der Waals surface area contributed by atoms with Crippen molar-refractivity contribution in [2.45, 2.75) is 45.6 Å². The van der Waals surface area contributed by atoms with Crippen molar-refractivity contribution in [1.29, 1.82) is 0 Å². The summed E-state index contributed by atoms with van der Waals surface area (Å²) in [6, 6.07) is 0.415. The van der Waals surface area contributed by atoms with Gasteiger partial charge < -0.3 is 9.47 Å². The minimum atomic E-state index is 0.175. The van der Waals surface area contributed by atoms with Crippen LogP contribution in [0.3, 0.4) is 0 Å². The normalized spacial score (nSPS) is 25.1. The molecule has 2 heterocycles. The largest absolute Gasteiger partial charge is 0.382 e. The van der Waals surface area contributed by atoms with Crippen LogP contribution in [0.2, 0.25) is 0 Å².